The molecular weight excluding hydrogens is 758 g/mol. The van der Waals surface area contributed by atoms with E-state index in [1.807, 2.05) is 0 Å². The maximum Gasteiger partial charge on any atom is 0.304 e. The van der Waals surface area contributed by atoms with E-state index >= 15 is 0 Å². The maximum absolute atomic E-state index is 13.7. The Balaban J connectivity index is 3.17. The van der Waals surface area contributed by atoms with Crippen LogP contribution in [0.15, 0.2) is 24.5 Å². The van der Waals surface area contributed by atoms with E-state index in [1.165, 1.54) is 12.4 Å². The summed E-state index contributed by atoms with van der Waals surface area (Å²) < 4.78 is 0. The van der Waals surface area contributed by atoms with Crippen LogP contribution < -0.4 is 31.9 Å². The Morgan fingerprint density at radius 1 is 0.655 bits per heavy atom. The Kier molecular flexibility index (Phi) is 21.5. The molecule has 0 aliphatic heterocycles. The van der Waals surface area contributed by atoms with Crippen molar-refractivity contribution < 1.29 is 58.2 Å². The number of amides is 6. The topological polar surface area (TPSA) is 296 Å². The van der Waals surface area contributed by atoms with Gasteiger partial charge in [0.25, 0.3) is 5.91 Å². The first-order chi connectivity index (χ1) is 27.1. The molecule has 19 heteroatoms. The van der Waals surface area contributed by atoms with Crippen molar-refractivity contribution >= 4 is 58.9 Å². The predicted octanol–water partition coefficient (Wildman–Crippen LogP) is 0.394. The van der Waals surface area contributed by atoms with Gasteiger partial charge >= 0.3 is 11.9 Å². The van der Waals surface area contributed by atoms with E-state index in [0.29, 0.717) is 5.56 Å². The molecule has 0 bridgehead atoms. The van der Waals surface area contributed by atoms with Gasteiger partial charge in [0, 0.05) is 38.7 Å². The average molecular weight is 818 g/mol. The summed E-state index contributed by atoms with van der Waals surface area (Å²) in [6.07, 6.45) is 0.971. The molecule has 0 spiro atoms. The van der Waals surface area contributed by atoms with E-state index in [4.69, 9.17) is 5.11 Å². The SMILES string of the molecule is CC[C@H](NC(=O)[C@H](CC(C)C)NC(=O)[C@@H](NC(=O)[C@@H](NC(=O)[C@H](CC(=O)O)CC(=O)[C@H](CCC(=O)O)NC(C)=O)C(C)C)C(C)C)C(=O)C(=O)NCc1ccncc1. The Morgan fingerprint density at radius 3 is 1.67 bits per heavy atom. The van der Waals surface area contributed by atoms with Crippen LogP contribution in [0.4, 0.5) is 0 Å². The lowest BCUT2D eigenvalue weighted by molar-refractivity contribution is -0.143. The van der Waals surface area contributed by atoms with Crippen LogP contribution in [-0.4, -0.2) is 104 Å². The fourth-order valence-electron chi connectivity index (χ4n) is 5.78. The van der Waals surface area contributed by atoms with Gasteiger partial charge in [-0.05, 0) is 54.7 Å². The Labute approximate surface area is 338 Å². The molecule has 6 atom stereocenters. The van der Waals surface area contributed by atoms with Gasteiger partial charge < -0.3 is 42.1 Å². The van der Waals surface area contributed by atoms with Gasteiger partial charge in [0.2, 0.25) is 35.3 Å². The summed E-state index contributed by atoms with van der Waals surface area (Å²) in [6, 6.07) is -2.93. The highest BCUT2D eigenvalue weighted by Crippen LogP contribution is 2.16. The van der Waals surface area contributed by atoms with Crippen LogP contribution in [0, 0.1) is 23.7 Å². The van der Waals surface area contributed by atoms with Gasteiger partial charge in [0.15, 0.2) is 5.78 Å². The van der Waals surface area contributed by atoms with Gasteiger partial charge in [0.1, 0.15) is 18.1 Å². The van der Waals surface area contributed by atoms with E-state index in [1.54, 1.807) is 60.6 Å². The number of pyridine rings is 1. The second-order valence-corrected chi connectivity index (χ2v) is 15.2. The number of hydrogen-bond acceptors (Lipinski definition) is 11. The number of carboxylic acids is 2. The van der Waals surface area contributed by atoms with Crippen molar-refractivity contribution in [3.63, 3.8) is 0 Å². The quantitative estimate of drug-likeness (QED) is 0.0588. The lowest BCUT2D eigenvalue weighted by atomic mass is 9.92. The third kappa shape index (κ3) is 18.0. The highest BCUT2D eigenvalue weighted by Gasteiger charge is 2.36. The molecule has 6 amide bonds. The zero-order chi connectivity index (χ0) is 44.3. The van der Waals surface area contributed by atoms with E-state index in [2.05, 4.69) is 36.9 Å². The minimum Gasteiger partial charge on any atom is -0.481 e. The minimum absolute atomic E-state index is 0.0618. The number of hydrogen-bond donors (Lipinski definition) is 8. The molecule has 8 N–H and O–H groups in total. The van der Waals surface area contributed by atoms with Gasteiger partial charge in [-0.3, -0.25) is 52.9 Å². The fourth-order valence-corrected chi connectivity index (χ4v) is 5.78. The van der Waals surface area contributed by atoms with E-state index in [9.17, 15) is 53.1 Å². The molecule has 58 heavy (non-hydrogen) atoms. The Morgan fingerprint density at radius 2 is 1.19 bits per heavy atom. The van der Waals surface area contributed by atoms with Crippen LogP contribution >= 0.6 is 0 Å². The monoisotopic (exact) mass is 817 g/mol. The predicted molar refractivity (Wildman–Crippen MR) is 208 cm³/mol. The molecular formula is C39H59N7O12. The number of Topliss-reactive ketones (excluding diaryl/α,β-unsaturated/α-hetero) is 2. The van der Waals surface area contributed by atoms with Crippen LogP contribution in [0.25, 0.3) is 0 Å². The smallest absolute Gasteiger partial charge is 0.304 e. The molecule has 0 saturated carbocycles. The lowest BCUT2D eigenvalue weighted by Crippen LogP contribution is -2.60. The molecule has 1 aromatic rings. The standard InChI is InChI=1S/C39H59N7O12/c1-9-26(34(53)39(58)41-19-24-12-14-40-15-13-24)43-36(55)28(16-20(2)3)44-37(56)32(21(4)5)46-38(57)33(22(6)7)45-35(54)25(18-31(51)52)17-29(48)27(42-23(8)47)10-11-30(49)50/h12-15,20-22,25-28,32-33H,9-11,16-19H2,1-8H3,(H,41,58)(H,42,47)(H,43,55)(H,44,56)(H,45,54)(H,46,57)(H,49,50)(H,51,52)/t25-,26-,27-,28-,32-,33-/m0/s1. The summed E-state index contributed by atoms with van der Waals surface area (Å²) in [4.78, 5) is 132. The first-order valence-corrected chi connectivity index (χ1v) is 19.2. The van der Waals surface area contributed by atoms with E-state index in [-0.39, 0.29) is 31.7 Å². The summed E-state index contributed by atoms with van der Waals surface area (Å²) in [5.74, 6) is -12.0. The molecule has 0 radical (unpaired) electrons. The number of ketones is 2. The van der Waals surface area contributed by atoms with Crippen LogP contribution in [0.1, 0.15) is 99.5 Å². The number of aliphatic carboxylic acids is 2. The number of carboxylic acid groups (broad SMARTS) is 2. The van der Waals surface area contributed by atoms with Crippen LogP contribution in [0.5, 0.6) is 0 Å². The third-order valence-corrected chi connectivity index (χ3v) is 8.95. The number of rotatable bonds is 26. The highest BCUT2D eigenvalue weighted by atomic mass is 16.4. The first kappa shape index (κ1) is 50.3. The van der Waals surface area contributed by atoms with Crippen molar-refractivity contribution in [1.29, 1.82) is 0 Å². The first-order valence-electron chi connectivity index (χ1n) is 19.2. The molecule has 0 aromatic carbocycles. The van der Waals surface area contributed by atoms with Crippen LogP contribution in [0.3, 0.4) is 0 Å². The van der Waals surface area contributed by atoms with E-state index < -0.39 is 126 Å². The highest BCUT2D eigenvalue weighted by molar-refractivity contribution is 6.38. The van der Waals surface area contributed by atoms with Gasteiger partial charge in [-0.25, -0.2) is 0 Å². The molecule has 1 aromatic heterocycles. The average Bonchev–Trinajstić information content (AvgIpc) is 3.13. The molecule has 0 aliphatic carbocycles. The van der Waals surface area contributed by atoms with Crippen molar-refractivity contribution in [3.8, 4) is 0 Å². The zero-order valence-electron chi connectivity index (χ0n) is 34.4. The summed E-state index contributed by atoms with van der Waals surface area (Å²) in [6.45, 7) is 12.8. The molecule has 19 nitrogen and oxygen atoms in total. The van der Waals surface area contributed by atoms with Gasteiger partial charge in [0.05, 0.1) is 24.4 Å². The molecule has 0 saturated heterocycles. The Bertz CT molecular complexity index is 1630. The molecule has 0 aliphatic rings. The van der Waals surface area contributed by atoms with Crippen LogP contribution in [0.2, 0.25) is 0 Å². The number of carbonyl (C=O) groups excluding carboxylic acids is 8. The number of nitrogens with zero attached hydrogens (tertiary/aromatic N) is 1. The summed E-state index contributed by atoms with van der Waals surface area (Å²) in [5.41, 5.74) is 0.709. The van der Waals surface area contributed by atoms with E-state index in [0.717, 1.165) is 6.92 Å². The number of aromatic nitrogens is 1. The van der Waals surface area contributed by atoms with Crippen molar-refractivity contribution in [2.45, 2.75) is 131 Å². The van der Waals surface area contributed by atoms with Crippen molar-refractivity contribution in [2.75, 3.05) is 0 Å². The van der Waals surface area contributed by atoms with Gasteiger partial charge in [-0.2, -0.15) is 0 Å². The summed E-state index contributed by atoms with van der Waals surface area (Å²) >= 11 is 0. The third-order valence-electron chi connectivity index (χ3n) is 8.95. The second-order valence-electron chi connectivity index (χ2n) is 15.2. The fraction of sp³-hybridized carbons (Fsp3) is 0.615. The molecule has 1 heterocycles. The normalized spacial score (nSPS) is 14.2. The lowest BCUT2D eigenvalue weighted by Gasteiger charge is -2.30. The molecule has 1 rings (SSSR count). The summed E-state index contributed by atoms with van der Waals surface area (Å²) in [5, 5.41) is 33.7. The van der Waals surface area contributed by atoms with Crippen molar-refractivity contribution in [2.24, 2.45) is 23.7 Å². The second kappa shape index (κ2) is 24.8. The van der Waals surface area contributed by atoms with Crippen molar-refractivity contribution in [3.05, 3.63) is 30.1 Å². The van der Waals surface area contributed by atoms with Gasteiger partial charge in [-0.1, -0.05) is 48.5 Å². The van der Waals surface area contributed by atoms with Crippen molar-refractivity contribution in [1.82, 2.24) is 36.9 Å². The molecule has 322 valence electrons. The number of nitrogens with one attached hydrogen (secondary N) is 6. The molecule has 0 unspecified atom stereocenters. The summed E-state index contributed by atoms with van der Waals surface area (Å²) in [7, 11) is 0. The number of carbonyl (C=O) groups is 10. The van der Waals surface area contributed by atoms with Gasteiger partial charge in [-0.15, -0.1) is 0 Å². The molecule has 0 fully saturated rings. The van der Waals surface area contributed by atoms with Crippen LogP contribution in [-0.2, 0) is 54.5 Å². The minimum atomic E-state index is -1.51. The Hall–Kier alpha value is -5.75. The zero-order valence-corrected chi connectivity index (χ0v) is 34.4. The maximum atomic E-state index is 13.7. The largest absolute Gasteiger partial charge is 0.481 e.